The molecule has 2 atom stereocenters. The molecule has 2 rings (SSSR count). The molecule has 0 radical (unpaired) electrons. The molecule has 7 heteroatoms. The van der Waals surface area contributed by atoms with Gasteiger partial charge < -0.3 is 19.4 Å². The average molecular weight is 350 g/mol. The summed E-state index contributed by atoms with van der Waals surface area (Å²) in [5.74, 6) is -1.36. The number of nitrogens with one attached hydrogen (secondary N) is 1. The second-order valence-corrected chi connectivity index (χ2v) is 6.62. The molecule has 1 aromatic heterocycles. The minimum atomic E-state index is -0.651. The number of nitrogens with zero attached hydrogens (tertiary/aromatic N) is 1. The molecule has 1 N–H and O–H groups in total. The van der Waals surface area contributed by atoms with E-state index < -0.39 is 11.9 Å². The van der Waals surface area contributed by atoms with Crippen LogP contribution >= 0.6 is 0 Å². The normalized spacial score (nSPS) is 20.3. The predicted octanol–water partition coefficient (Wildman–Crippen LogP) is 2.36. The molecule has 1 amide bonds. The lowest BCUT2D eigenvalue weighted by molar-refractivity contribution is -0.140. The molecule has 1 fully saturated rings. The number of hydrogen-bond acceptors (Lipinski definition) is 5. The average Bonchev–Trinajstić information content (AvgIpc) is 2.86. The van der Waals surface area contributed by atoms with Crippen molar-refractivity contribution in [1.29, 1.82) is 0 Å². The number of ether oxygens (including phenoxy) is 2. The maximum absolute atomic E-state index is 12.4. The molecule has 1 aliphatic heterocycles. The largest absolute Gasteiger partial charge is 0.465 e. The minimum Gasteiger partial charge on any atom is -0.465 e. The van der Waals surface area contributed by atoms with E-state index in [4.69, 9.17) is 9.47 Å². The first kappa shape index (κ1) is 19.0. The summed E-state index contributed by atoms with van der Waals surface area (Å²) < 4.78 is 9.91. The fourth-order valence-corrected chi connectivity index (χ4v) is 3.55. The van der Waals surface area contributed by atoms with Crippen molar-refractivity contribution in [2.75, 3.05) is 13.7 Å². The van der Waals surface area contributed by atoms with Gasteiger partial charge in [0.2, 0.25) is 0 Å². The lowest BCUT2D eigenvalue weighted by Crippen LogP contribution is -2.49. The summed E-state index contributed by atoms with van der Waals surface area (Å²) >= 11 is 0. The number of amides is 1. The van der Waals surface area contributed by atoms with Crippen LogP contribution in [0, 0.1) is 13.8 Å². The van der Waals surface area contributed by atoms with Gasteiger partial charge in [-0.15, -0.1) is 0 Å². The molecule has 0 saturated carbocycles. The number of methoxy groups -OCH3 is 1. The third-order valence-electron chi connectivity index (χ3n) is 4.84. The quantitative estimate of drug-likeness (QED) is 0.842. The molecule has 1 aromatic rings. The standard InChI is InChI=1S/C18H26N2O5/c1-10-7-6-8-11(2)20(10)14(21)9-25-18(23)16-12(3)15(13(4)19-16)17(22)24-5/h10-11,19H,6-9H2,1-5H3/t10-,11-/m1/s1. The Hall–Kier alpha value is -2.31. The number of H-pyrrole nitrogens is 1. The minimum absolute atomic E-state index is 0.148. The molecule has 1 aliphatic rings. The van der Waals surface area contributed by atoms with Crippen LogP contribution in [-0.4, -0.2) is 53.5 Å². The number of piperidine rings is 1. The Morgan fingerprint density at radius 3 is 2.28 bits per heavy atom. The van der Waals surface area contributed by atoms with Gasteiger partial charge in [-0.3, -0.25) is 4.79 Å². The van der Waals surface area contributed by atoms with Crippen molar-refractivity contribution in [2.24, 2.45) is 0 Å². The van der Waals surface area contributed by atoms with E-state index in [9.17, 15) is 14.4 Å². The van der Waals surface area contributed by atoms with E-state index >= 15 is 0 Å². The summed E-state index contributed by atoms with van der Waals surface area (Å²) in [6.45, 7) is 7.03. The van der Waals surface area contributed by atoms with E-state index in [0.717, 1.165) is 19.3 Å². The van der Waals surface area contributed by atoms with E-state index in [1.54, 1.807) is 18.7 Å². The SMILES string of the molecule is COC(=O)c1c(C)[nH]c(C(=O)OCC(=O)N2[C@H](C)CCC[C@H]2C)c1C. The number of aromatic amines is 1. The monoisotopic (exact) mass is 350 g/mol. The van der Waals surface area contributed by atoms with Crippen LogP contribution in [-0.2, 0) is 14.3 Å². The topological polar surface area (TPSA) is 88.7 Å². The fourth-order valence-electron chi connectivity index (χ4n) is 3.55. The molecule has 2 heterocycles. The Kier molecular flexibility index (Phi) is 5.87. The van der Waals surface area contributed by atoms with Crippen molar-refractivity contribution in [2.45, 2.75) is 59.0 Å². The van der Waals surface area contributed by atoms with Crippen LogP contribution in [0.15, 0.2) is 0 Å². The Bertz CT molecular complexity index is 669. The molecule has 0 bridgehead atoms. The van der Waals surface area contributed by atoms with Crippen molar-refractivity contribution in [3.05, 3.63) is 22.5 Å². The zero-order valence-electron chi connectivity index (χ0n) is 15.5. The van der Waals surface area contributed by atoms with Crippen LogP contribution in [0.1, 0.15) is 65.2 Å². The number of rotatable bonds is 4. The molecular weight excluding hydrogens is 324 g/mol. The van der Waals surface area contributed by atoms with Gasteiger partial charge in [-0.05, 0) is 52.5 Å². The highest BCUT2D eigenvalue weighted by Crippen LogP contribution is 2.23. The molecule has 0 spiro atoms. The maximum atomic E-state index is 12.4. The summed E-state index contributed by atoms with van der Waals surface area (Å²) in [5, 5.41) is 0. The van der Waals surface area contributed by atoms with Crippen LogP contribution in [0.3, 0.4) is 0 Å². The number of hydrogen-bond donors (Lipinski definition) is 1. The Balaban J connectivity index is 2.05. The number of aromatic nitrogens is 1. The number of aryl methyl sites for hydroxylation is 1. The number of likely N-dealkylation sites (tertiary alicyclic amines) is 1. The van der Waals surface area contributed by atoms with Crippen LogP contribution in [0.4, 0.5) is 0 Å². The third kappa shape index (κ3) is 3.86. The molecule has 25 heavy (non-hydrogen) atoms. The Labute approximate surface area is 147 Å². The molecule has 0 aromatic carbocycles. The summed E-state index contributed by atoms with van der Waals surface area (Å²) in [4.78, 5) is 41.2. The molecule has 0 aliphatic carbocycles. The first-order chi connectivity index (χ1) is 11.8. The molecule has 7 nitrogen and oxygen atoms in total. The first-order valence-corrected chi connectivity index (χ1v) is 8.53. The van der Waals surface area contributed by atoms with E-state index in [2.05, 4.69) is 4.98 Å². The van der Waals surface area contributed by atoms with Crippen LogP contribution < -0.4 is 0 Å². The lowest BCUT2D eigenvalue weighted by atomic mass is 9.97. The zero-order chi connectivity index (χ0) is 18.7. The summed E-state index contributed by atoms with van der Waals surface area (Å²) in [6.07, 6.45) is 3.02. The zero-order valence-corrected chi connectivity index (χ0v) is 15.5. The molecule has 1 saturated heterocycles. The summed E-state index contributed by atoms with van der Waals surface area (Å²) in [5.41, 5.74) is 1.48. The predicted molar refractivity (Wildman–Crippen MR) is 91.5 cm³/mol. The van der Waals surface area contributed by atoms with Crippen LogP contribution in [0.25, 0.3) is 0 Å². The highest BCUT2D eigenvalue weighted by atomic mass is 16.5. The van der Waals surface area contributed by atoms with Crippen molar-refractivity contribution in [1.82, 2.24) is 9.88 Å². The van der Waals surface area contributed by atoms with E-state index in [1.807, 2.05) is 13.8 Å². The summed E-state index contributed by atoms with van der Waals surface area (Å²) in [7, 11) is 1.28. The second kappa shape index (κ2) is 7.72. The van der Waals surface area contributed by atoms with Gasteiger partial charge in [0.15, 0.2) is 6.61 Å². The van der Waals surface area contributed by atoms with Gasteiger partial charge in [0, 0.05) is 17.8 Å². The van der Waals surface area contributed by atoms with Gasteiger partial charge in [0.05, 0.1) is 12.7 Å². The van der Waals surface area contributed by atoms with E-state index in [1.165, 1.54) is 7.11 Å². The molecule has 0 unspecified atom stereocenters. The molecular formula is C18H26N2O5. The second-order valence-electron chi connectivity index (χ2n) is 6.62. The van der Waals surface area contributed by atoms with Gasteiger partial charge in [0.1, 0.15) is 5.69 Å². The van der Waals surface area contributed by atoms with Crippen molar-refractivity contribution < 1.29 is 23.9 Å². The highest BCUT2D eigenvalue weighted by molar-refractivity contribution is 5.99. The van der Waals surface area contributed by atoms with Crippen molar-refractivity contribution in [3.63, 3.8) is 0 Å². The summed E-state index contributed by atoms with van der Waals surface area (Å²) in [6, 6.07) is 0.297. The van der Waals surface area contributed by atoms with Gasteiger partial charge >= 0.3 is 11.9 Å². The van der Waals surface area contributed by atoms with Crippen LogP contribution in [0.5, 0.6) is 0 Å². The van der Waals surface area contributed by atoms with Gasteiger partial charge in [0.25, 0.3) is 5.91 Å². The Morgan fingerprint density at radius 2 is 1.72 bits per heavy atom. The van der Waals surface area contributed by atoms with Crippen molar-refractivity contribution >= 4 is 17.8 Å². The smallest absolute Gasteiger partial charge is 0.355 e. The first-order valence-electron chi connectivity index (χ1n) is 8.53. The van der Waals surface area contributed by atoms with Gasteiger partial charge in [-0.2, -0.15) is 0 Å². The Morgan fingerprint density at radius 1 is 1.12 bits per heavy atom. The highest BCUT2D eigenvalue weighted by Gasteiger charge is 2.30. The van der Waals surface area contributed by atoms with Crippen LogP contribution in [0.2, 0.25) is 0 Å². The number of carbonyl (C=O) groups is 3. The van der Waals surface area contributed by atoms with E-state index in [-0.39, 0.29) is 30.3 Å². The number of carbonyl (C=O) groups excluding carboxylic acids is 3. The fraction of sp³-hybridized carbons (Fsp3) is 0.611. The van der Waals surface area contributed by atoms with E-state index in [0.29, 0.717) is 16.8 Å². The van der Waals surface area contributed by atoms with Crippen molar-refractivity contribution in [3.8, 4) is 0 Å². The van der Waals surface area contributed by atoms with Gasteiger partial charge in [-0.1, -0.05) is 0 Å². The lowest BCUT2D eigenvalue weighted by Gasteiger charge is -2.38. The number of esters is 2. The third-order valence-corrected chi connectivity index (χ3v) is 4.84. The maximum Gasteiger partial charge on any atom is 0.355 e. The van der Waals surface area contributed by atoms with Gasteiger partial charge in [-0.25, -0.2) is 9.59 Å². The molecule has 138 valence electrons.